The number of halogens is 4. The molecule has 0 fully saturated rings. The van der Waals surface area contributed by atoms with Crippen molar-refractivity contribution in [3.05, 3.63) is 136 Å². The van der Waals surface area contributed by atoms with E-state index < -0.39 is 48.6 Å². The summed E-state index contributed by atoms with van der Waals surface area (Å²) in [7, 11) is -3.69. The lowest BCUT2D eigenvalue weighted by Gasteiger charge is -2.41. The molecule has 1 heterocycles. The Bertz CT molecular complexity index is 2380. The lowest BCUT2D eigenvalue weighted by atomic mass is 9.76. The van der Waals surface area contributed by atoms with E-state index in [1.54, 1.807) is 18.2 Å². The first-order valence-corrected chi connectivity index (χ1v) is 21.9. The van der Waals surface area contributed by atoms with Crippen LogP contribution in [0.2, 0.25) is 0 Å². The van der Waals surface area contributed by atoms with Crippen LogP contribution in [0.5, 0.6) is 11.5 Å². The first-order valence-electron chi connectivity index (χ1n) is 20.2. The molecule has 0 saturated carbocycles. The molecule has 1 unspecified atom stereocenters. The Balaban J connectivity index is 1.23. The van der Waals surface area contributed by atoms with Crippen LogP contribution in [-0.2, 0) is 34.9 Å². The van der Waals surface area contributed by atoms with Crippen LogP contribution in [0, 0.1) is 5.82 Å². The fourth-order valence-corrected chi connectivity index (χ4v) is 11.1. The Hall–Kier alpha value is -4.52. The number of rotatable bonds is 10. The van der Waals surface area contributed by atoms with Gasteiger partial charge in [-0.15, -0.1) is 0 Å². The normalized spacial score (nSPS) is 17.6. The van der Waals surface area contributed by atoms with E-state index in [0.29, 0.717) is 22.6 Å². The van der Waals surface area contributed by atoms with E-state index in [1.165, 1.54) is 18.2 Å². The van der Waals surface area contributed by atoms with Gasteiger partial charge in [0.05, 0.1) is 29.0 Å². The molecule has 5 aromatic rings. The van der Waals surface area contributed by atoms with Crippen molar-refractivity contribution >= 4 is 25.9 Å². The number of hydrogen-bond donors (Lipinski definition) is 0. The maximum atomic E-state index is 14.4. The molecular formula is C49H54F4O6Si. The van der Waals surface area contributed by atoms with Crippen LogP contribution in [0.4, 0.5) is 17.6 Å². The molecule has 0 aromatic heterocycles. The fourth-order valence-electron chi connectivity index (χ4n) is 8.19. The molecule has 0 spiro atoms. The van der Waals surface area contributed by atoms with Gasteiger partial charge in [-0.1, -0.05) is 74.5 Å². The molecule has 60 heavy (non-hydrogen) atoms. The summed E-state index contributed by atoms with van der Waals surface area (Å²) in [5.41, 5.74) is 0.891. The molecule has 1 aliphatic carbocycles. The Morgan fingerprint density at radius 3 is 1.77 bits per heavy atom. The second-order valence-corrected chi connectivity index (χ2v) is 20.9. The van der Waals surface area contributed by atoms with Gasteiger partial charge >= 0.3 is 15.2 Å². The van der Waals surface area contributed by atoms with Crippen LogP contribution in [0.1, 0.15) is 110 Å². The van der Waals surface area contributed by atoms with Crippen LogP contribution < -0.4 is 9.47 Å². The van der Waals surface area contributed by atoms with Gasteiger partial charge in [-0.05, 0) is 132 Å². The molecule has 5 aromatic carbocycles. The Morgan fingerprint density at radius 1 is 0.667 bits per heavy atom. The second-order valence-electron chi connectivity index (χ2n) is 19.0. The van der Waals surface area contributed by atoms with Crippen LogP contribution in [0.15, 0.2) is 97.1 Å². The molecule has 0 saturated heterocycles. The monoisotopic (exact) mass is 842 g/mol. The maximum absolute atomic E-state index is 14.4. The molecule has 1 atom stereocenters. The predicted molar refractivity (Wildman–Crippen MR) is 230 cm³/mol. The molecule has 11 heteroatoms. The third kappa shape index (κ3) is 8.65. The highest BCUT2D eigenvalue weighted by molar-refractivity contribution is 6.54. The number of ether oxygens (including phenoxy) is 2. The Kier molecular flexibility index (Phi) is 11.0. The highest BCUT2D eigenvalue weighted by atomic mass is 28.4. The van der Waals surface area contributed by atoms with E-state index in [1.807, 2.05) is 137 Å². The summed E-state index contributed by atoms with van der Waals surface area (Å²) in [6.07, 6.45) is -0.530. The molecule has 7 rings (SSSR count). The highest BCUT2D eigenvalue weighted by Gasteiger charge is 2.54. The van der Waals surface area contributed by atoms with Crippen LogP contribution in [0.25, 0.3) is 28.0 Å². The van der Waals surface area contributed by atoms with E-state index in [2.05, 4.69) is 0 Å². The zero-order chi connectivity index (χ0) is 43.7. The number of alkyl halides is 3. The van der Waals surface area contributed by atoms with Gasteiger partial charge in [0.2, 0.25) is 0 Å². The van der Waals surface area contributed by atoms with E-state index in [0.717, 1.165) is 44.7 Å². The minimum atomic E-state index is -4.48. The summed E-state index contributed by atoms with van der Waals surface area (Å²) in [5.74, 6) is 0.780. The smallest absolute Gasteiger partial charge is 0.491 e. The minimum Gasteiger partial charge on any atom is -0.491 e. The summed E-state index contributed by atoms with van der Waals surface area (Å²) < 4.78 is 95.5. The highest BCUT2D eigenvalue weighted by Crippen LogP contribution is 2.58. The van der Waals surface area contributed by atoms with Crippen LogP contribution in [-0.4, -0.2) is 39.1 Å². The Morgan fingerprint density at radius 2 is 1.22 bits per heavy atom. The van der Waals surface area contributed by atoms with Gasteiger partial charge in [0.15, 0.2) is 5.60 Å². The van der Waals surface area contributed by atoms with Crippen molar-refractivity contribution in [3.8, 4) is 22.6 Å². The quantitative estimate of drug-likeness (QED) is 0.0793. The largest absolute Gasteiger partial charge is 0.681 e. The number of benzene rings is 5. The van der Waals surface area contributed by atoms with Gasteiger partial charge < -0.3 is 27.2 Å². The second kappa shape index (κ2) is 15.1. The molecule has 0 radical (unpaired) electrons. The zero-order valence-electron chi connectivity index (χ0n) is 36.2. The first-order chi connectivity index (χ1) is 27.8. The van der Waals surface area contributed by atoms with Crippen molar-refractivity contribution in [3.63, 3.8) is 0 Å². The van der Waals surface area contributed by atoms with E-state index >= 15 is 0 Å². The van der Waals surface area contributed by atoms with Crippen LogP contribution in [0.3, 0.4) is 0 Å². The summed E-state index contributed by atoms with van der Waals surface area (Å²) in [5, 5.41) is 1.68. The van der Waals surface area contributed by atoms with Crippen molar-refractivity contribution in [2.75, 3.05) is 13.2 Å². The van der Waals surface area contributed by atoms with Crippen molar-refractivity contribution in [1.29, 1.82) is 0 Å². The molecule has 0 bridgehead atoms. The molecule has 6 nitrogen and oxygen atoms in total. The lowest BCUT2D eigenvalue weighted by molar-refractivity contribution is -0.138. The predicted octanol–water partition coefficient (Wildman–Crippen LogP) is 12.9. The molecule has 0 N–H and O–H groups in total. The summed E-state index contributed by atoms with van der Waals surface area (Å²) >= 11 is 0. The average molecular weight is 843 g/mol. The number of fused-ring (bicyclic) bond motifs is 8. The third-order valence-electron chi connectivity index (χ3n) is 10.3. The van der Waals surface area contributed by atoms with Gasteiger partial charge in [0.1, 0.15) is 23.9 Å². The summed E-state index contributed by atoms with van der Waals surface area (Å²) in [6.45, 7) is 21.6. The van der Waals surface area contributed by atoms with E-state index in [9.17, 15) is 17.6 Å². The Labute approximate surface area is 351 Å². The van der Waals surface area contributed by atoms with Crippen LogP contribution >= 0.6 is 0 Å². The summed E-state index contributed by atoms with van der Waals surface area (Å²) in [4.78, 5) is 0. The van der Waals surface area contributed by atoms with Crippen molar-refractivity contribution < 1.29 is 44.7 Å². The SMILES string of the molecule is CC(C)(C)O[Si](OCCOc1ccc(C2(c3ccc(F)cc3)C=Cc3c4c(c5ccccc5c3O2)-c2ccc(C(F)(F)F)cc2C4(C)C)cc1)(OC(C)(C)C)OC(C)(C)C. The van der Waals surface area contributed by atoms with Crippen molar-refractivity contribution in [1.82, 2.24) is 0 Å². The fraction of sp³-hybridized carbons (Fsp3) is 0.388. The van der Waals surface area contributed by atoms with E-state index in [-0.39, 0.29) is 19.0 Å². The lowest BCUT2D eigenvalue weighted by Crippen LogP contribution is -2.59. The topological polar surface area (TPSA) is 55.4 Å². The third-order valence-corrected chi connectivity index (χ3v) is 13.5. The van der Waals surface area contributed by atoms with E-state index in [4.69, 9.17) is 27.2 Å². The van der Waals surface area contributed by atoms with Gasteiger partial charge in [-0.2, -0.15) is 13.2 Å². The minimum absolute atomic E-state index is 0.132. The molecule has 1 aliphatic heterocycles. The molecule has 0 amide bonds. The number of hydrogen-bond acceptors (Lipinski definition) is 6. The standard InChI is InChI=1S/C49H54F4O6Si/c1-44(2,3)57-60(58-45(4,5)6,59-46(7,8)9)55-29-28-54-35-23-18-32(19-24-35)48(31-16-21-34(50)22-17-31)27-26-39-42-41(36-14-12-13-15-37(36)43(39)56-48)38-25-20-33(49(51,52)53)30-40(38)47(42,10)11/h12-27,30H,28-29H2,1-11H3. The first kappa shape index (κ1) is 43.6. The van der Waals surface area contributed by atoms with Crippen molar-refractivity contribution in [2.45, 2.75) is 110 Å². The molecular weight excluding hydrogens is 789 g/mol. The maximum Gasteiger partial charge on any atom is 0.681 e. The molecule has 318 valence electrons. The average Bonchev–Trinajstić information content (AvgIpc) is 3.37. The van der Waals surface area contributed by atoms with Gasteiger partial charge in [-0.25, -0.2) is 4.39 Å². The van der Waals surface area contributed by atoms with Crippen molar-refractivity contribution in [2.24, 2.45) is 0 Å². The molecule has 2 aliphatic rings. The van der Waals surface area contributed by atoms with Gasteiger partial charge in [0, 0.05) is 27.5 Å². The van der Waals surface area contributed by atoms with Gasteiger partial charge in [-0.3, -0.25) is 0 Å². The zero-order valence-corrected chi connectivity index (χ0v) is 37.2. The van der Waals surface area contributed by atoms with Gasteiger partial charge in [0.25, 0.3) is 0 Å². The summed E-state index contributed by atoms with van der Waals surface area (Å²) in [6, 6.07) is 25.6.